The van der Waals surface area contributed by atoms with Crippen LogP contribution in [0.2, 0.25) is 0 Å². The van der Waals surface area contributed by atoms with Gasteiger partial charge in [0.15, 0.2) is 0 Å². The molecule has 0 bridgehead atoms. The first-order chi connectivity index (χ1) is 11.1. The standard InChI is InChI=1S/C16H19N5O2/c1-11-2-7-15(22)21(20-11)13-5-3-12(4-6-13)19-16(23)14-10-17-8-9-18-14/h2,7-10,12-13H,3-6H2,1H3,(H,19,23). The van der Waals surface area contributed by atoms with Crippen LogP contribution < -0.4 is 10.9 Å². The number of rotatable bonds is 3. The van der Waals surface area contributed by atoms with Crippen LogP contribution in [0.15, 0.2) is 35.5 Å². The van der Waals surface area contributed by atoms with Gasteiger partial charge in [0.1, 0.15) is 5.69 Å². The summed E-state index contributed by atoms with van der Waals surface area (Å²) in [5.74, 6) is -0.201. The van der Waals surface area contributed by atoms with Crippen molar-refractivity contribution in [3.05, 3.63) is 52.5 Å². The summed E-state index contributed by atoms with van der Waals surface area (Å²) >= 11 is 0. The molecule has 0 atom stereocenters. The molecule has 1 fully saturated rings. The maximum atomic E-state index is 12.1. The number of carbonyl (C=O) groups excluding carboxylic acids is 1. The number of nitrogens with zero attached hydrogens (tertiary/aromatic N) is 4. The van der Waals surface area contributed by atoms with Crippen LogP contribution in [-0.2, 0) is 0 Å². The maximum absolute atomic E-state index is 12.1. The smallest absolute Gasteiger partial charge is 0.271 e. The summed E-state index contributed by atoms with van der Waals surface area (Å²) in [6.07, 6.45) is 7.77. The third kappa shape index (κ3) is 3.61. The van der Waals surface area contributed by atoms with Gasteiger partial charge in [0.2, 0.25) is 0 Å². The van der Waals surface area contributed by atoms with Gasteiger partial charge in [-0.1, -0.05) is 0 Å². The molecule has 0 unspecified atom stereocenters. The highest BCUT2D eigenvalue weighted by Crippen LogP contribution is 2.27. The molecule has 1 aliphatic rings. The number of aryl methyl sites for hydroxylation is 1. The van der Waals surface area contributed by atoms with E-state index in [2.05, 4.69) is 20.4 Å². The van der Waals surface area contributed by atoms with Crippen molar-refractivity contribution >= 4 is 5.91 Å². The molecule has 1 aliphatic carbocycles. The van der Waals surface area contributed by atoms with E-state index in [1.54, 1.807) is 16.8 Å². The largest absolute Gasteiger partial charge is 0.348 e. The average molecular weight is 313 g/mol. The van der Waals surface area contributed by atoms with Gasteiger partial charge in [-0.15, -0.1) is 0 Å². The lowest BCUT2D eigenvalue weighted by Crippen LogP contribution is -2.39. The summed E-state index contributed by atoms with van der Waals surface area (Å²) in [6, 6.07) is 3.49. The van der Waals surface area contributed by atoms with Crippen LogP contribution in [0.3, 0.4) is 0 Å². The third-order valence-corrected chi connectivity index (χ3v) is 4.13. The zero-order valence-corrected chi connectivity index (χ0v) is 13.0. The summed E-state index contributed by atoms with van der Waals surface area (Å²) in [6.45, 7) is 1.88. The fourth-order valence-electron chi connectivity index (χ4n) is 2.92. The third-order valence-electron chi connectivity index (χ3n) is 4.13. The Morgan fingerprint density at radius 3 is 2.70 bits per heavy atom. The molecule has 7 heteroatoms. The number of carbonyl (C=O) groups is 1. The van der Waals surface area contributed by atoms with E-state index in [0.29, 0.717) is 5.69 Å². The van der Waals surface area contributed by atoms with E-state index in [4.69, 9.17) is 0 Å². The van der Waals surface area contributed by atoms with Crippen LogP contribution in [0.5, 0.6) is 0 Å². The zero-order chi connectivity index (χ0) is 16.2. The van der Waals surface area contributed by atoms with E-state index >= 15 is 0 Å². The number of aromatic nitrogens is 4. The van der Waals surface area contributed by atoms with E-state index in [-0.39, 0.29) is 23.6 Å². The predicted octanol–water partition coefficient (Wildman–Crippen LogP) is 1.26. The number of hydrogen-bond donors (Lipinski definition) is 1. The van der Waals surface area contributed by atoms with Gasteiger partial charge in [-0.05, 0) is 38.7 Å². The molecular weight excluding hydrogens is 294 g/mol. The molecule has 1 saturated carbocycles. The van der Waals surface area contributed by atoms with Gasteiger partial charge in [-0.3, -0.25) is 14.6 Å². The molecule has 0 saturated heterocycles. The van der Waals surface area contributed by atoms with Crippen LogP contribution in [0.4, 0.5) is 0 Å². The Labute approximate surface area is 133 Å². The molecular formula is C16H19N5O2. The van der Waals surface area contributed by atoms with Crippen molar-refractivity contribution in [3.8, 4) is 0 Å². The summed E-state index contributed by atoms with van der Waals surface area (Å²) < 4.78 is 1.58. The Bertz CT molecular complexity index is 736. The van der Waals surface area contributed by atoms with Crippen molar-refractivity contribution in [1.29, 1.82) is 0 Å². The van der Waals surface area contributed by atoms with Gasteiger partial charge < -0.3 is 5.32 Å². The van der Waals surface area contributed by atoms with Crippen molar-refractivity contribution < 1.29 is 4.79 Å². The highest BCUT2D eigenvalue weighted by molar-refractivity contribution is 5.92. The maximum Gasteiger partial charge on any atom is 0.271 e. The van der Waals surface area contributed by atoms with Crippen LogP contribution >= 0.6 is 0 Å². The summed E-state index contributed by atoms with van der Waals surface area (Å²) in [7, 11) is 0. The van der Waals surface area contributed by atoms with Crippen molar-refractivity contribution in [1.82, 2.24) is 25.1 Å². The molecule has 0 aromatic carbocycles. The molecule has 120 valence electrons. The highest BCUT2D eigenvalue weighted by atomic mass is 16.2. The molecule has 1 amide bonds. The number of amides is 1. The Morgan fingerprint density at radius 1 is 1.22 bits per heavy atom. The lowest BCUT2D eigenvalue weighted by molar-refractivity contribution is 0.0916. The first-order valence-corrected chi connectivity index (χ1v) is 7.77. The highest BCUT2D eigenvalue weighted by Gasteiger charge is 2.25. The zero-order valence-electron chi connectivity index (χ0n) is 13.0. The van der Waals surface area contributed by atoms with Crippen molar-refractivity contribution in [2.24, 2.45) is 0 Å². The van der Waals surface area contributed by atoms with E-state index in [1.807, 2.05) is 6.92 Å². The lowest BCUT2D eigenvalue weighted by atomic mass is 9.91. The lowest BCUT2D eigenvalue weighted by Gasteiger charge is -2.29. The Morgan fingerprint density at radius 2 is 2.00 bits per heavy atom. The fraction of sp³-hybridized carbons (Fsp3) is 0.438. The topological polar surface area (TPSA) is 89.8 Å². The molecule has 23 heavy (non-hydrogen) atoms. The molecule has 2 aromatic heterocycles. The molecule has 0 radical (unpaired) electrons. The van der Waals surface area contributed by atoms with E-state index in [1.165, 1.54) is 18.6 Å². The number of hydrogen-bond acceptors (Lipinski definition) is 5. The van der Waals surface area contributed by atoms with Crippen molar-refractivity contribution in [2.45, 2.75) is 44.7 Å². The number of nitrogens with one attached hydrogen (secondary N) is 1. The van der Waals surface area contributed by atoms with Gasteiger partial charge >= 0.3 is 0 Å². The van der Waals surface area contributed by atoms with Crippen LogP contribution in [-0.4, -0.2) is 31.7 Å². The van der Waals surface area contributed by atoms with Crippen molar-refractivity contribution in [2.75, 3.05) is 0 Å². The first-order valence-electron chi connectivity index (χ1n) is 7.77. The summed E-state index contributed by atoms with van der Waals surface area (Å²) in [5, 5.41) is 7.31. The van der Waals surface area contributed by atoms with Gasteiger partial charge in [0.05, 0.1) is 17.9 Å². The average Bonchev–Trinajstić information content (AvgIpc) is 2.58. The summed E-state index contributed by atoms with van der Waals surface area (Å²) in [4.78, 5) is 31.9. The van der Waals surface area contributed by atoms with Crippen LogP contribution in [0.25, 0.3) is 0 Å². The minimum absolute atomic E-state index is 0.0670. The second-order valence-electron chi connectivity index (χ2n) is 5.83. The predicted molar refractivity (Wildman–Crippen MR) is 84.0 cm³/mol. The Hall–Kier alpha value is -2.57. The molecule has 2 heterocycles. The Kier molecular flexibility index (Phi) is 4.45. The second-order valence-corrected chi connectivity index (χ2v) is 5.83. The minimum Gasteiger partial charge on any atom is -0.348 e. The van der Waals surface area contributed by atoms with Gasteiger partial charge in [-0.2, -0.15) is 5.10 Å². The van der Waals surface area contributed by atoms with E-state index in [0.717, 1.165) is 31.4 Å². The van der Waals surface area contributed by atoms with Crippen LogP contribution in [0.1, 0.15) is 47.9 Å². The van der Waals surface area contributed by atoms with E-state index < -0.39 is 0 Å². The SMILES string of the molecule is Cc1ccc(=O)n(C2CCC(NC(=O)c3cnccn3)CC2)n1. The molecule has 0 spiro atoms. The molecule has 7 nitrogen and oxygen atoms in total. The Balaban J connectivity index is 1.59. The monoisotopic (exact) mass is 313 g/mol. The van der Waals surface area contributed by atoms with Gasteiger partial charge in [-0.25, -0.2) is 9.67 Å². The van der Waals surface area contributed by atoms with Gasteiger partial charge in [0, 0.05) is 24.5 Å². The molecule has 2 aromatic rings. The molecule has 3 rings (SSSR count). The van der Waals surface area contributed by atoms with Gasteiger partial charge in [0.25, 0.3) is 11.5 Å². The first kappa shape index (κ1) is 15.3. The summed E-state index contributed by atoms with van der Waals surface area (Å²) in [5.41, 5.74) is 1.09. The second kappa shape index (κ2) is 6.68. The van der Waals surface area contributed by atoms with E-state index in [9.17, 15) is 9.59 Å². The fourth-order valence-corrected chi connectivity index (χ4v) is 2.92. The molecule has 0 aliphatic heterocycles. The normalized spacial score (nSPS) is 20.9. The quantitative estimate of drug-likeness (QED) is 0.921. The van der Waals surface area contributed by atoms with Crippen LogP contribution in [0, 0.1) is 6.92 Å². The van der Waals surface area contributed by atoms with Crippen molar-refractivity contribution in [3.63, 3.8) is 0 Å². The minimum atomic E-state index is -0.201. The molecule has 1 N–H and O–H groups in total.